The van der Waals surface area contributed by atoms with E-state index in [0.717, 1.165) is 0 Å². The average Bonchev–Trinajstić information content (AvgIpc) is 0.918. The molecular weight excluding hydrogens is 188 g/mol. The van der Waals surface area contributed by atoms with Crippen molar-refractivity contribution in [1.29, 1.82) is 0 Å². The maximum absolute atomic E-state index is 7.57. The Balaban J connectivity index is -0.0000000200. The van der Waals surface area contributed by atoms with E-state index in [0.29, 0.717) is 0 Å². The van der Waals surface area contributed by atoms with Gasteiger partial charge in [0.25, 0.3) is 0 Å². The molecule has 0 aromatic heterocycles. The van der Waals surface area contributed by atoms with Crippen LogP contribution in [0.3, 0.4) is 0 Å². The predicted octanol–water partition coefficient (Wildman–Crippen LogP) is 0.418. The number of halogens is 1. The van der Waals surface area contributed by atoms with E-state index in [9.17, 15) is 0 Å². The molecular formula is C2H7CdClO. The van der Waals surface area contributed by atoms with E-state index in [1.54, 1.807) is 6.92 Å². The van der Waals surface area contributed by atoms with Crippen LogP contribution in [0.2, 0.25) is 0 Å². The summed E-state index contributed by atoms with van der Waals surface area (Å²) < 4.78 is 0. The van der Waals surface area contributed by atoms with Crippen molar-refractivity contribution < 1.29 is 32.4 Å². The van der Waals surface area contributed by atoms with Crippen LogP contribution in [0.15, 0.2) is 0 Å². The van der Waals surface area contributed by atoms with Crippen LogP contribution in [0, 0.1) is 0 Å². The fourth-order valence-electron chi connectivity index (χ4n) is 0. The van der Waals surface area contributed by atoms with Crippen LogP contribution < -0.4 is 0 Å². The Morgan fingerprint density at radius 1 is 1.60 bits per heavy atom. The molecule has 0 aromatic rings. The number of rotatable bonds is 0. The van der Waals surface area contributed by atoms with E-state index < -0.39 is 0 Å². The molecule has 0 heterocycles. The molecule has 0 aliphatic carbocycles. The van der Waals surface area contributed by atoms with E-state index in [-0.39, 0.29) is 46.3 Å². The molecule has 0 saturated carbocycles. The van der Waals surface area contributed by atoms with Gasteiger partial charge >= 0.3 is 0 Å². The molecule has 1 N–H and O–H groups in total. The number of aliphatic hydroxyl groups excluding tert-OH is 1. The standard InChI is InChI=1S/C2H6O.Cd.ClH/c1-2-3;;/h3H,2H2,1H3;;1H. The van der Waals surface area contributed by atoms with Gasteiger partial charge in [0.05, 0.1) is 0 Å². The summed E-state index contributed by atoms with van der Waals surface area (Å²) in [7, 11) is 0. The van der Waals surface area contributed by atoms with E-state index in [2.05, 4.69) is 0 Å². The Bertz CT molecular complexity index is 9.61. The van der Waals surface area contributed by atoms with Crippen molar-refractivity contribution in [2.45, 2.75) is 6.92 Å². The Morgan fingerprint density at radius 2 is 1.60 bits per heavy atom. The average molecular weight is 195 g/mol. The molecule has 0 aliphatic heterocycles. The molecule has 0 saturated heterocycles. The first-order valence-corrected chi connectivity index (χ1v) is 1.02. The third kappa shape index (κ3) is 37.9. The predicted molar refractivity (Wildman–Crippen MR) is 20.0 cm³/mol. The summed E-state index contributed by atoms with van der Waals surface area (Å²) in [5, 5.41) is 7.57. The van der Waals surface area contributed by atoms with Gasteiger partial charge in [0.15, 0.2) is 0 Å². The van der Waals surface area contributed by atoms with Crippen LogP contribution in [0.1, 0.15) is 6.92 Å². The molecule has 0 aliphatic rings. The van der Waals surface area contributed by atoms with Gasteiger partial charge in [-0.05, 0) is 6.92 Å². The Hall–Kier alpha value is 1.17. The normalized spacial score (nSPS) is 3.60. The molecule has 30 valence electrons. The Kier molecular flexibility index (Phi) is 62.6. The zero-order valence-corrected chi connectivity index (χ0v) is 8.12. The number of aliphatic hydroxyl groups is 1. The monoisotopic (exact) mass is 196 g/mol. The zero-order valence-electron chi connectivity index (χ0n) is 3.27. The molecule has 0 unspecified atom stereocenters. The molecule has 0 fully saturated rings. The van der Waals surface area contributed by atoms with Gasteiger partial charge in [-0.15, -0.1) is 12.4 Å². The van der Waals surface area contributed by atoms with E-state index in [4.69, 9.17) is 5.11 Å². The van der Waals surface area contributed by atoms with Crippen molar-refractivity contribution in [1.82, 2.24) is 0 Å². The fraction of sp³-hybridized carbons (Fsp3) is 1.00. The molecule has 0 radical (unpaired) electrons. The second-order valence-electron chi connectivity index (χ2n) is 0.316. The minimum atomic E-state index is 0. The smallest absolute Gasteiger partial charge is 0.0402 e. The van der Waals surface area contributed by atoms with Gasteiger partial charge in [0.2, 0.25) is 0 Å². The summed E-state index contributed by atoms with van der Waals surface area (Å²) in [5.74, 6) is 0. The van der Waals surface area contributed by atoms with Gasteiger partial charge in [0.1, 0.15) is 0 Å². The minimum absolute atomic E-state index is 0. The van der Waals surface area contributed by atoms with Crippen molar-refractivity contribution in [2.75, 3.05) is 6.61 Å². The first kappa shape index (κ1) is 16.4. The molecule has 0 amide bonds. The molecule has 3 heteroatoms. The quantitative estimate of drug-likeness (QED) is 0.555. The summed E-state index contributed by atoms with van der Waals surface area (Å²) in [6.45, 7) is 1.93. The summed E-state index contributed by atoms with van der Waals surface area (Å²) in [5.41, 5.74) is 0. The van der Waals surface area contributed by atoms with Crippen molar-refractivity contribution in [3.05, 3.63) is 0 Å². The molecule has 0 spiro atoms. The van der Waals surface area contributed by atoms with Crippen LogP contribution in [-0.4, -0.2) is 11.7 Å². The van der Waals surface area contributed by atoms with Crippen molar-refractivity contribution in [3.8, 4) is 0 Å². The third-order valence-corrected chi connectivity index (χ3v) is 0. The number of hydrogen-bond donors (Lipinski definition) is 1. The maximum atomic E-state index is 7.57. The van der Waals surface area contributed by atoms with E-state index in [1.165, 1.54) is 0 Å². The third-order valence-electron chi connectivity index (χ3n) is 0. The van der Waals surface area contributed by atoms with Gasteiger partial charge < -0.3 is 5.11 Å². The Labute approximate surface area is 58.3 Å². The molecule has 0 bridgehead atoms. The molecule has 0 rings (SSSR count). The van der Waals surface area contributed by atoms with Crippen LogP contribution in [0.4, 0.5) is 0 Å². The van der Waals surface area contributed by atoms with E-state index >= 15 is 0 Å². The summed E-state index contributed by atoms with van der Waals surface area (Å²) in [6.07, 6.45) is 0. The molecule has 0 atom stereocenters. The van der Waals surface area contributed by atoms with Crippen molar-refractivity contribution in [2.24, 2.45) is 0 Å². The van der Waals surface area contributed by atoms with Crippen LogP contribution >= 0.6 is 12.4 Å². The second-order valence-corrected chi connectivity index (χ2v) is 0.316. The topological polar surface area (TPSA) is 20.2 Å². The van der Waals surface area contributed by atoms with Crippen LogP contribution in [0.25, 0.3) is 0 Å². The fourth-order valence-corrected chi connectivity index (χ4v) is 0. The molecule has 1 nitrogen and oxygen atoms in total. The molecule has 5 heavy (non-hydrogen) atoms. The van der Waals surface area contributed by atoms with Gasteiger partial charge in [-0.25, -0.2) is 0 Å². The summed E-state index contributed by atoms with van der Waals surface area (Å²) in [6, 6.07) is 0. The van der Waals surface area contributed by atoms with Gasteiger partial charge in [-0.1, -0.05) is 0 Å². The van der Waals surface area contributed by atoms with Gasteiger partial charge in [-0.2, -0.15) is 0 Å². The SMILES string of the molecule is CCO.Cl.[Cd]. The van der Waals surface area contributed by atoms with Crippen LogP contribution in [-0.2, 0) is 27.3 Å². The zero-order chi connectivity index (χ0) is 2.71. The Morgan fingerprint density at radius 3 is 1.60 bits per heavy atom. The first-order valence-electron chi connectivity index (χ1n) is 1.02. The van der Waals surface area contributed by atoms with Crippen LogP contribution in [0.5, 0.6) is 0 Å². The maximum Gasteiger partial charge on any atom is 0.0402 e. The first-order chi connectivity index (χ1) is 1.41. The van der Waals surface area contributed by atoms with Crippen molar-refractivity contribution >= 4 is 12.4 Å². The summed E-state index contributed by atoms with van der Waals surface area (Å²) >= 11 is 0. The largest absolute Gasteiger partial charge is 0.397 e. The van der Waals surface area contributed by atoms with Gasteiger partial charge in [0, 0.05) is 33.9 Å². The second kappa shape index (κ2) is 19.1. The minimum Gasteiger partial charge on any atom is -0.397 e. The number of hydrogen-bond acceptors (Lipinski definition) is 1. The van der Waals surface area contributed by atoms with Crippen molar-refractivity contribution in [3.63, 3.8) is 0 Å². The molecule has 0 aromatic carbocycles. The van der Waals surface area contributed by atoms with E-state index in [1.807, 2.05) is 0 Å². The van der Waals surface area contributed by atoms with Gasteiger partial charge in [-0.3, -0.25) is 0 Å². The summed E-state index contributed by atoms with van der Waals surface area (Å²) in [4.78, 5) is 0.